The Morgan fingerprint density at radius 3 is 2.61 bits per heavy atom. The van der Waals surface area contributed by atoms with E-state index >= 15 is 0 Å². The van der Waals surface area contributed by atoms with E-state index in [0.717, 1.165) is 36.4 Å². The Kier molecular flexibility index (Phi) is 6.23. The van der Waals surface area contributed by atoms with E-state index in [-0.39, 0.29) is 11.6 Å². The van der Waals surface area contributed by atoms with Crippen LogP contribution in [0.5, 0.6) is 5.75 Å². The van der Waals surface area contributed by atoms with Gasteiger partial charge in [-0.05, 0) is 55.1 Å². The first-order valence-corrected chi connectivity index (χ1v) is 13.0. The summed E-state index contributed by atoms with van der Waals surface area (Å²) in [5, 5.41) is 0.0299. The quantitative estimate of drug-likeness (QED) is 0.579. The highest BCUT2D eigenvalue weighted by atomic mass is 32.2. The maximum atomic E-state index is 12.6. The predicted molar refractivity (Wildman–Crippen MR) is 127 cm³/mol. The topological polar surface area (TPSA) is 76.5 Å². The van der Waals surface area contributed by atoms with E-state index in [4.69, 9.17) is 4.74 Å². The Bertz CT molecular complexity index is 1200. The van der Waals surface area contributed by atoms with Crippen molar-refractivity contribution in [1.29, 1.82) is 0 Å². The van der Waals surface area contributed by atoms with Crippen LogP contribution in [0.2, 0.25) is 0 Å². The van der Waals surface area contributed by atoms with E-state index in [0.29, 0.717) is 18.6 Å². The fraction of sp³-hybridized carbons (Fsp3) is 0.400. The third-order valence-corrected chi connectivity index (χ3v) is 7.96. The zero-order valence-corrected chi connectivity index (χ0v) is 19.7. The Labute approximate surface area is 195 Å². The minimum atomic E-state index is -3.67. The second kappa shape index (κ2) is 9.29. The first kappa shape index (κ1) is 22.1. The van der Waals surface area contributed by atoms with Crippen molar-refractivity contribution in [2.75, 3.05) is 19.7 Å². The number of nitrogens with one attached hydrogen (secondary N) is 1. The Balaban J connectivity index is 1.41. The lowest BCUT2D eigenvalue weighted by molar-refractivity contribution is 0.116. The summed E-state index contributed by atoms with van der Waals surface area (Å²) in [5.74, 6) is 1.20. The number of nitrogens with zero attached hydrogens (tertiary/aromatic N) is 3. The van der Waals surface area contributed by atoms with Gasteiger partial charge in [0.2, 0.25) is 0 Å². The number of imidazole rings is 1. The summed E-state index contributed by atoms with van der Waals surface area (Å²) in [6, 6.07) is 16.9. The zero-order valence-electron chi connectivity index (χ0n) is 18.9. The fourth-order valence-electron chi connectivity index (χ4n) is 4.95. The van der Waals surface area contributed by atoms with Crippen molar-refractivity contribution in [2.45, 2.75) is 42.8 Å². The summed E-state index contributed by atoms with van der Waals surface area (Å²) in [6.45, 7) is 3.12. The van der Waals surface area contributed by atoms with Crippen LogP contribution in [0.3, 0.4) is 0 Å². The number of benzene rings is 2. The molecule has 33 heavy (non-hydrogen) atoms. The van der Waals surface area contributed by atoms with Gasteiger partial charge in [0.15, 0.2) is 5.03 Å². The molecule has 0 radical (unpaired) electrons. The van der Waals surface area contributed by atoms with Crippen LogP contribution in [-0.2, 0) is 30.0 Å². The molecule has 2 atom stereocenters. The lowest BCUT2D eigenvalue weighted by Crippen LogP contribution is -2.45. The molecule has 0 spiro atoms. The van der Waals surface area contributed by atoms with E-state index in [9.17, 15) is 8.42 Å². The van der Waals surface area contributed by atoms with Crippen LogP contribution in [0.25, 0.3) is 0 Å². The van der Waals surface area contributed by atoms with E-state index < -0.39 is 10.0 Å². The van der Waals surface area contributed by atoms with Gasteiger partial charge < -0.3 is 9.30 Å². The van der Waals surface area contributed by atoms with Crippen LogP contribution < -0.4 is 9.46 Å². The highest BCUT2D eigenvalue weighted by Gasteiger charge is 2.36. The molecule has 1 fully saturated rings. The molecule has 2 aliphatic rings. The SMILES string of the molecule is Cn1cnc(S(=O)(=O)NCc2ccc3c(c2)[C@@H](Cc2ccccc2)[C@@H](N2CCCC2)CO3)c1. The summed E-state index contributed by atoms with van der Waals surface area (Å²) < 4.78 is 35.7. The van der Waals surface area contributed by atoms with Gasteiger partial charge in [0.25, 0.3) is 10.0 Å². The van der Waals surface area contributed by atoms with Gasteiger partial charge in [0.05, 0.1) is 12.4 Å². The van der Waals surface area contributed by atoms with Gasteiger partial charge in [0.1, 0.15) is 12.4 Å². The average molecular weight is 467 g/mol. The van der Waals surface area contributed by atoms with Gasteiger partial charge >= 0.3 is 0 Å². The highest BCUT2D eigenvalue weighted by Crippen LogP contribution is 2.39. The second-order valence-corrected chi connectivity index (χ2v) is 10.7. The number of aryl methyl sites for hydroxylation is 1. The Morgan fingerprint density at radius 1 is 1.09 bits per heavy atom. The number of aromatic nitrogens is 2. The third-order valence-electron chi connectivity index (χ3n) is 6.68. The van der Waals surface area contributed by atoms with Crippen molar-refractivity contribution >= 4 is 10.0 Å². The van der Waals surface area contributed by atoms with Crippen LogP contribution in [0.4, 0.5) is 0 Å². The predicted octanol–water partition coefficient (Wildman–Crippen LogP) is 3.08. The lowest BCUT2D eigenvalue weighted by Gasteiger charge is -2.39. The average Bonchev–Trinajstić information content (AvgIpc) is 3.51. The molecule has 2 aromatic carbocycles. The van der Waals surface area contributed by atoms with Crippen LogP contribution in [0.15, 0.2) is 66.1 Å². The number of likely N-dealkylation sites (tertiary alicyclic amines) is 1. The molecule has 0 unspecified atom stereocenters. The number of hydrogen-bond acceptors (Lipinski definition) is 5. The van der Waals surface area contributed by atoms with Gasteiger partial charge in [-0.2, -0.15) is 0 Å². The van der Waals surface area contributed by atoms with Crippen LogP contribution in [0.1, 0.15) is 35.4 Å². The number of rotatable bonds is 7. The first-order valence-electron chi connectivity index (χ1n) is 11.5. The van der Waals surface area contributed by atoms with Crippen LogP contribution in [0, 0.1) is 0 Å². The Morgan fingerprint density at radius 2 is 1.88 bits per heavy atom. The van der Waals surface area contributed by atoms with E-state index in [2.05, 4.69) is 44.9 Å². The van der Waals surface area contributed by atoms with Crippen molar-refractivity contribution < 1.29 is 13.2 Å². The zero-order chi connectivity index (χ0) is 22.8. The summed E-state index contributed by atoms with van der Waals surface area (Å²) in [7, 11) is -1.92. The van der Waals surface area contributed by atoms with E-state index in [1.807, 2.05) is 18.2 Å². The summed E-state index contributed by atoms with van der Waals surface area (Å²) in [5.41, 5.74) is 3.38. The normalized spacial score (nSPS) is 21.0. The summed E-state index contributed by atoms with van der Waals surface area (Å²) in [4.78, 5) is 6.53. The molecule has 174 valence electrons. The molecule has 1 aromatic heterocycles. The molecule has 1 N–H and O–H groups in total. The van der Waals surface area contributed by atoms with E-state index in [1.165, 1.54) is 30.9 Å². The minimum absolute atomic E-state index is 0.0299. The molecule has 8 heteroatoms. The van der Waals surface area contributed by atoms with Crippen molar-refractivity contribution in [3.8, 4) is 5.75 Å². The Hall–Kier alpha value is -2.68. The van der Waals surface area contributed by atoms with Crippen molar-refractivity contribution in [2.24, 2.45) is 7.05 Å². The molecular weight excluding hydrogens is 436 g/mol. The van der Waals surface area contributed by atoms with Crippen molar-refractivity contribution in [3.05, 3.63) is 77.7 Å². The molecule has 7 nitrogen and oxygen atoms in total. The van der Waals surface area contributed by atoms with Crippen LogP contribution in [-0.4, -0.2) is 48.6 Å². The largest absolute Gasteiger partial charge is 0.492 e. The summed E-state index contributed by atoms with van der Waals surface area (Å²) >= 11 is 0. The maximum absolute atomic E-state index is 12.6. The van der Waals surface area contributed by atoms with E-state index in [1.54, 1.807) is 11.6 Å². The molecular formula is C25H30N4O3S. The van der Waals surface area contributed by atoms with Crippen LogP contribution >= 0.6 is 0 Å². The van der Waals surface area contributed by atoms with Gasteiger partial charge in [0, 0.05) is 25.7 Å². The number of fused-ring (bicyclic) bond motifs is 1. The number of hydrogen-bond donors (Lipinski definition) is 1. The van der Waals surface area contributed by atoms with Gasteiger partial charge in [-0.3, -0.25) is 4.90 Å². The third kappa shape index (κ3) is 4.83. The van der Waals surface area contributed by atoms with Crippen molar-refractivity contribution in [3.63, 3.8) is 0 Å². The molecule has 2 aliphatic heterocycles. The van der Waals surface area contributed by atoms with Gasteiger partial charge in [-0.15, -0.1) is 0 Å². The minimum Gasteiger partial charge on any atom is -0.492 e. The smallest absolute Gasteiger partial charge is 0.259 e. The molecule has 0 bridgehead atoms. The second-order valence-electron chi connectivity index (χ2n) is 8.99. The molecule has 1 saturated heterocycles. The summed E-state index contributed by atoms with van der Waals surface area (Å²) in [6.07, 6.45) is 6.38. The van der Waals surface area contributed by atoms with Crippen molar-refractivity contribution in [1.82, 2.24) is 19.2 Å². The lowest BCUT2D eigenvalue weighted by atomic mass is 9.82. The number of sulfonamides is 1. The van der Waals surface area contributed by atoms with Gasteiger partial charge in [-0.1, -0.05) is 42.5 Å². The highest BCUT2D eigenvalue weighted by molar-refractivity contribution is 7.89. The molecule has 0 aliphatic carbocycles. The number of ether oxygens (including phenoxy) is 1. The maximum Gasteiger partial charge on any atom is 0.259 e. The van der Waals surface area contributed by atoms with Gasteiger partial charge in [-0.25, -0.2) is 18.1 Å². The molecule has 3 heterocycles. The molecule has 5 rings (SSSR count). The fourth-order valence-corrected chi connectivity index (χ4v) is 5.95. The monoisotopic (exact) mass is 466 g/mol. The standard InChI is InChI=1S/C25H30N4O3S/c1-28-16-25(26-18-28)33(30,31)27-15-20-9-10-24-22(14-20)21(13-19-7-3-2-4-8-19)23(17-32-24)29-11-5-6-12-29/h2-4,7-10,14,16,18,21,23,27H,5-6,11-13,15,17H2,1H3/t21-,23+/m1/s1. The first-order chi connectivity index (χ1) is 16.0. The molecule has 0 amide bonds. The molecule has 0 saturated carbocycles. The molecule has 3 aromatic rings.